The number of benzene rings is 4. The van der Waals surface area contributed by atoms with Gasteiger partial charge in [-0.25, -0.2) is 10.1 Å². The summed E-state index contributed by atoms with van der Waals surface area (Å²) in [5.74, 6) is -3.59. The molecular formula is C46H54N2O16. The van der Waals surface area contributed by atoms with Gasteiger partial charge in [0.25, 0.3) is 11.7 Å². The minimum Gasteiger partial charge on any atom is -0.496 e. The highest BCUT2D eigenvalue weighted by atomic mass is 16.7. The fraction of sp³-hybridized carbons (Fsp3) is 0.370. The number of carboxylic acids is 1. The molecule has 1 fully saturated rings. The van der Waals surface area contributed by atoms with Crippen LogP contribution in [0, 0.1) is 5.92 Å². The van der Waals surface area contributed by atoms with E-state index < -0.39 is 47.8 Å². The van der Waals surface area contributed by atoms with Gasteiger partial charge in [-0.2, -0.15) is 0 Å². The summed E-state index contributed by atoms with van der Waals surface area (Å²) in [6, 6.07) is 25.2. The zero-order valence-electron chi connectivity index (χ0n) is 37.1. The van der Waals surface area contributed by atoms with Gasteiger partial charge < -0.3 is 43.0 Å². The molecule has 0 spiro atoms. The van der Waals surface area contributed by atoms with Gasteiger partial charge in [-0.05, 0) is 17.5 Å². The smallest absolute Gasteiger partial charge is 0.323 e. The normalized spacial score (nSPS) is 12.9. The van der Waals surface area contributed by atoms with E-state index in [1.807, 2.05) is 60.7 Å². The van der Waals surface area contributed by atoms with E-state index in [9.17, 15) is 24.0 Å². The van der Waals surface area contributed by atoms with Crippen LogP contribution in [0.15, 0.2) is 84.9 Å². The van der Waals surface area contributed by atoms with Crippen molar-refractivity contribution in [2.75, 3.05) is 42.7 Å². The van der Waals surface area contributed by atoms with Crippen LogP contribution in [0.2, 0.25) is 0 Å². The molecule has 2 amide bonds. The lowest BCUT2D eigenvalue weighted by Gasteiger charge is -2.33. The zero-order chi connectivity index (χ0) is 46.8. The Morgan fingerprint density at radius 1 is 0.594 bits per heavy atom. The minimum atomic E-state index is -1.33. The third-order valence-corrected chi connectivity index (χ3v) is 9.46. The second-order valence-corrected chi connectivity index (χ2v) is 14.3. The molecule has 1 aliphatic heterocycles. The van der Waals surface area contributed by atoms with Crippen molar-refractivity contribution < 1.29 is 76.6 Å². The van der Waals surface area contributed by atoms with E-state index in [0.29, 0.717) is 45.6 Å². The Morgan fingerprint density at radius 3 is 1.31 bits per heavy atom. The number of nitrogens with zero attached hydrogens (tertiary/aromatic N) is 2. The van der Waals surface area contributed by atoms with Gasteiger partial charge in [-0.3, -0.25) is 33.6 Å². The summed E-state index contributed by atoms with van der Waals surface area (Å²) >= 11 is 0. The Bertz CT molecular complexity index is 2130. The van der Waals surface area contributed by atoms with Crippen molar-refractivity contribution in [3.63, 3.8) is 0 Å². The minimum absolute atomic E-state index is 0.0192. The fourth-order valence-corrected chi connectivity index (χ4v) is 6.21. The maximum absolute atomic E-state index is 13.3. The Balaban J connectivity index is 0.000000290. The molecule has 0 aliphatic carbocycles. The van der Waals surface area contributed by atoms with Crippen LogP contribution < -0.4 is 28.4 Å². The summed E-state index contributed by atoms with van der Waals surface area (Å²) in [6.07, 6.45) is -0.949. The van der Waals surface area contributed by atoms with Crippen molar-refractivity contribution in [3.05, 3.63) is 107 Å². The van der Waals surface area contributed by atoms with E-state index in [-0.39, 0.29) is 39.1 Å². The predicted octanol–water partition coefficient (Wildman–Crippen LogP) is 6.05. The Labute approximate surface area is 371 Å². The molecule has 4 aromatic rings. The van der Waals surface area contributed by atoms with E-state index in [4.69, 9.17) is 52.7 Å². The zero-order valence-corrected chi connectivity index (χ0v) is 37.1. The summed E-state index contributed by atoms with van der Waals surface area (Å²) in [5.41, 5.74) is 2.77. The summed E-state index contributed by atoms with van der Waals surface area (Å²) in [4.78, 5) is 72.8. The lowest BCUT2D eigenvalue weighted by molar-refractivity contribution is -0.240. The fourth-order valence-electron chi connectivity index (χ4n) is 6.21. The van der Waals surface area contributed by atoms with E-state index in [1.165, 1.54) is 61.6 Å². The Morgan fingerprint density at radius 2 is 0.969 bits per heavy atom. The average Bonchev–Trinajstić information content (AvgIpc) is 3.28. The van der Waals surface area contributed by atoms with E-state index in [0.717, 1.165) is 16.2 Å². The second-order valence-electron chi connectivity index (χ2n) is 14.3. The summed E-state index contributed by atoms with van der Waals surface area (Å²) in [6.45, 7) is 3.09. The van der Waals surface area contributed by atoms with E-state index >= 15 is 0 Å². The number of hydroxylamine groups is 4. The number of amides is 2. The number of carboxylic acid groups (broad SMARTS) is 1. The maximum atomic E-state index is 13.3. The number of ether oxygens (including phenoxy) is 8. The van der Waals surface area contributed by atoms with Crippen LogP contribution in [0.4, 0.5) is 0 Å². The van der Waals surface area contributed by atoms with Crippen molar-refractivity contribution in [3.8, 4) is 34.5 Å². The third-order valence-electron chi connectivity index (χ3n) is 9.46. The Kier molecular flexibility index (Phi) is 18.6. The molecule has 0 aromatic heterocycles. The molecule has 5 rings (SSSR count). The van der Waals surface area contributed by atoms with Gasteiger partial charge in [-0.15, -0.1) is 0 Å². The van der Waals surface area contributed by atoms with Crippen molar-refractivity contribution >= 4 is 29.7 Å². The number of hydrogen-bond acceptors (Lipinski definition) is 15. The summed E-state index contributed by atoms with van der Waals surface area (Å²) in [7, 11) is 8.99. The topological polar surface area (TPSA) is 204 Å². The number of methoxy groups -OCH3 is 6. The molecule has 1 saturated heterocycles. The maximum Gasteiger partial charge on any atom is 0.323 e. The van der Waals surface area contributed by atoms with Crippen molar-refractivity contribution in [1.29, 1.82) is 0 Å². The molecule has 18 heteroatoms. The number of esters is 2. The molecule has 4 aromatic carbocycles. The monoisotopic (exact) mass is 890 g/mol. The first-order valence-electron chi connectivity index (χ1n) is 19.8. The lowest BCUT2D eigenvalue weighted by Crippen LogP contribution is -2.46. The molecule has 0 radical (unpaired) electrons. The van der Waals surface area contributed by atoms with Crippen molar-refractivity contribution in [2.45, 2.75) is 65.2 Å². The van der Waals surface area contributed by atoms with Crippen LogP contribution in [0.25, 0.3) is 0 Å². The van der Waals surface area contributed by atoms with Crippen molar-refractivity contribution in [2.24, 2.45) is 5.92 Å². The molecule has 18 nitrogen and oxygen atoms in total. The Hall–Kier alpha value is -7.05. The van der Waals surface area contributed by atoms with Gasteiger partial charge in [-0.1, -0.05) is 60.7 Å². The van der Waals surface area contributed by atoms with Crippen LogP contribution >= 0.6 is 0 Å². The SMILES string of the molecule is COc1cc(OC)c(CN(OCc2ccccc2)C(=O)CC(=O)O)c(OC)c1.COc1cc(OC)c(CN(OCc2ccccc2)C(=O)CCC2C(=O)OC(C)(C)OC2=O)c(OC)c1. The standard InChI is InChI=1S/C26H31NO9.C20H23NO7/c1-26(2)35-24(29)19(25(30)36-26)11-12-23(28)27(34-16-17-9-7-6-8-10-17)15-20-21(32-4)13-18(31-3)14-22(20)33-5;1-25-15-9-17(26-2)16(18(10-15)27-3)12-21(19(22)11-20(23)24)28-13-14-7-5-4-6-8-14/h6-10,13-14,19H,11-12,15-16H2,1-5H3;4-10H,11-13H2,1-3H3,(H,23,24). The van der Waals surface area contributed by atoms with Crippen LogP contribution in [0.1, 0.15) is 55.4 Å². The van der Waals surface area contributed by atoms with Gasteiger partial charge in [0.05, 0.1) is 66.9 Å². The highest BCUT2D eigenvalue weighted by Gasteiger charge is 2.43. The molecular weight excluding hydrogens is 837 g/mol. The van der Waals surface area contributed by atoms with Gasteiger partial charge in [0.15, 0.2) is 5.92 Å². The molecule has 1 N–H and O–H groups in total. The van der Waals surface area contributed by atoms with Crippen molar-refractivity contribution in [1.82, 2.24) is 10.1 Å². The number of rotatable bonds is 21. The molecule has 0 bridgehead atoms. The second kappa shape index (κ2) is 24.0. The number of cyclic esters (lactones) is 2. The number of aliphatic carboxylic acids is 1. The predicted molar refractivity (Wildman–Crippen MR) is 227 cm³/mol. The molecule has 344 valence electrons. The molecule has 1 aliphatic rings. The van der Waals surface area contributed by atoms with Gasteiger partial charge in [0.2, 0.25) is 5.91 Å². The summed E-state index contributed by atoms with van der Waals surface area (Å²) in [5, 5.41) is 11.2. The largest absolute Gasteiger partial charge is 0.496 e. The first-order chi connectivity index (χ1) is 30.6. The van der Waals surface area contributed by atoms with Gasteiger partial charge in [0.1, 0.15) is 54.1 Å². The third kappa shape index (κ3) is 14.2. The first kappa shape index (κ1) is 49.6. The number of hydrogen-bond donors (Lipinski definition) is 1. The quantitative estimate of drug-likeness (QED) is 0.0574. The van der Waals surface area contributed by atoms with Gasteiger partial charge in [0, 0.05) is 44.5 Å². The molecule has 1 heterocycles. The first-order valence-corrected chi connectivity index (χ1v) is 19.8. The highest BCUT2D eigenvalue weighted by Crippen LogP contribution is 2.37. The highest BCUT2D eigenvalue weighted by molar-refractivity contribution is 5.97. The van der Waals surface area contributed by atoms with Crippen LogP contribution in [-0.2, 0) is 69.4 Å². The van der Waals surface area contributed by atoms with E-state index in [2.05, 4.69) is 0 Å². The average molecular weight is 891 g/mol. The van der Waals surface area contributed by atoms with Crippen LogP contribution in [-0.4, -0.2) is 93.4 Å². The number of carbonyl (C=O) groups is 5. The lowest BCUT2D eigenvalue weighted by atomic mass is 10.0. The molecule has 0 unspecified atom stereocenters. The molecule has 0 atom stereocenters. The van der Waals surface area contributed by atoms with Crippen LogP contribution in [0.3, 0.4) is 0 Å². The molecule has 64 heavy (non-hydrogen) atoms. The van der Waals surface area contributed by atoms with Gasteiger partial charge >= 0.3 is 17.9 Å². The summed E-state index contributed by atoms with van der Waals surface area (Å²) < 4.78 is 42.6. The van der Waals surface area contributed by atoms with Crippen LogP contribution in [0.5, 0.6) is 34.5 Å². The molecule has 0 saturated carbocycles. The van der Waals surface area contributed by atoms with E-state index in [1.54, 1.807) is 24.3 Å². The number of carbonyl (C=O) groups excluding carboxylic acids is 4.